The maximum Gasteiger partial charge on any atom is 0.461 e. The summed E-state index contributed by atoms with van der Waals surface area (Å²) < 4.78 is 12.5. The third-order valence-corrected chi connectivity index (χ3v) is 6.45. The van der Waals surface area contributed by atoms with E-state index in [1.54, 1.807) is 0 Å². The molecule has 1 unspecified atom stereocenters. The van der Waals surface area contributed by atoms with Crippen LogP contribution in [-0.4, -0.2) is 18.3 Å². The monoisotopic (exact) mass is 264 g/mol. The lowest BCUT2D eigenvalue weighted by molar-refractivity contribution is 0.00578. The van der Waals surface area contributed by atoms with Crippen molar-refractivity contribution in [3.8, 4) is 0 Å². The summed E-state index contributed by atoms with van der Waals surface area (Å²) in [6.45, 7) is 13.5. The summed E-state index contributed by atoms with van der Waals surface area (Å²) in [4.78, 5) is 0. The second-order valence-electron chi connectivity index (χ2n) is 8.96. The minimum absolute atomic E-state index is 0.0335. The Kier molecular flexibility index (Phi) is 2.78. The normalized spacial score (nSPS) is 37.6. The van der Waals surface area contributed by atoms with Crippen molar-refractivity contribution in [1.82, 2.24) is 0 Å². The lowest BCUT2D eigenvalue weighted by atomic mass is 9.66. The van der Waals surface area contributed by atoms with Crippen molar-refractivity contribution in [3.05, 3.63) is 0 Å². The largest absolute Gasteiger partial charge is 0.461 e. The van der Waals surface area contributed by atoms with Crippen LogP contribution in [0.4, 0.5) is 0 Å². The highest BCUT2D eigenvalue weighted by atomic mass is 16.7. The predicted molar refractivity (Wildman–Crippen MR) is 79.1 cm³/mol. The van der Waals surface area contributed by atoms with Crippen molar-refractivity contribution in [2.45, 2.75) is 90.7 Å². The molecule has 0 aromatic heterocycles. The van der Waals surface area contributed by atoms with E-state index < -0.39 is 0 Å². The van der Waals surface area contributed by atoms with Crippen molar-refractivity contribution in [2.75, 3.05) is 0 Å². The summed E-state index contributed by atoms with van der Waals surface area (Å²) in [5, 5.41) is 0. The molecule has 2 nitrogen and oxygen atoms in total. The zero-order valence-corrected chi connectivity index (χ0v) is 13.5. The Morgan fingerprint density at radius 3 is 1.74 bits per heavy atom. The van der Waals surface area contributed by atoms with Gasteiger partial charge >= 0.3 is 7.12 Å². The predicted octanol–water partition coefficient (Wildman–Crippen LogP) is 4.44. The van der Waals surface area contributed by atoms with Gasteiger partial charge in [0.25, 0.3) is 0 Å². The maximum atomic E-state index is 6.25. The van der Waals surface area contributed by atoms with Gasteiger partial charge in [0.05, 0.1) is 11.2 Å². The molecule has 3 rings (SSSR count). The van der Waals surface area contributed by atoms with Crippen molar-refractivity contribution < 1.29 is 9.31 Å². The first kappa shape index (κ1) is 13.9. The van der Waals surface area contributed by atoms with Crippen molar-refractivity contribution in [3.63, 3.8) is 0 Å². The van der Waals surface area contributed by atoms with E-state index in [-0.39, 0.29) is 18.3 Å². The number of rotatable bonds is 1. The summed E-state index contributed by atoms with van der Waals surface area (Å²) in [7, 11) is 0.0335. The van der Waals surface area contributed by atoms with Crippen LogP contribution in [0.15, 0.2) is 0 Å². The van der Waals surface area contributed by atoms with Crippen molar-refractivity contribution >= 4 is 7.12 Å². The second-order valence-corrected chi connectivity index (χ2v) is 8.96. The molecule has 1 aliphatic heterocycles. The molecule has 0 bridgehead atoms. The van der Waals surface area contributed by atoms with Crippen LogP contribution in [-0.2, 0) is 9.31 Å². The maximum absolute atomic E-state index is 6.25. The molecule has 3 heteroatoms. The molecular formula is C16H29BO2. The average Bonchev–Trinajstić information content (AvgIpc) is 2.91. The van der Waals surface area contributed by atoms with Crippen molar-refractivity contribution in [1.29, 1.82) is 0 Å². The smallest absolute Gasteiger partial charge is 0.403 e. The summed E-state index contributed by atoms with van der Waals surface area (Å²) in [5.41, 5.74) is 0.760. The van der Waals surface area contributed by atoms with Gasteiger partial charge in [-0.3, -0.25) is 0 Å². The fourth-order valence-corrected chi connectivity index (χ4v) is 3.82. The molecule has 19 heavy (non-hydrogen) atoms. The van der Waals surface area contributed by atoms with Crippen LogP contribution >= 0.6 is 0 Å². The van der Waals surface area contributed by atoms with E-state index in [9.17, 15) is 0 Å². The minimum Gasteiger partial charge on any atom is -0.403 e. The topological polar surface area (TPSA) is 18.5 Å². The van der Waals surface area contributed by atoms with E-state index in [1.165, 1.54) is 32.1 Å². The van der Waals surface area contributed by atoms with Gasteiger partial charge in [-0.25, -0.2) is 0 Å². The SMILES string of the molecule is CC1(C)CCC2(CC1)CC2B1OC(C)(C)C(C)(C)O1. The zero-order valence-electron chi connectivity index (χ0n) is 13.5. The molecule has 3 fully saturated rings. The van der Waals surface area contributed by atoms with Gasteiger partial charge in [-0.15, -0.1) is 0 Å². The van der Waals surface area contributed by atoms with E-state index in [1.807, 2.05) is 0 Å². The first-order valence-corrected chi connectivity index (χ1v) is 7.93. The molecule has 3 aliphatic rings. The molecule has 108 valence electrons. The molecule has 0 aromatic rings. The highest BCUT2D eigenvalue weighted by Gasteiger charge is 2.66. The van der Waals surface area contributed by atoms with Crippen LogP contribution in [0.5, 0.6) is 0 Å². The van der Waals surface area contributed by atoms with Gasteiger partial charge < -0.3 is 9.31 Å². The van der Waals surface area contributed by atoms with Crippen molar-refractivity contribution in [2.24, 2.45) is 10.8 Å². The van der Waals surface area contributed by atoms with Crippen LogP contribution in [0.25, 0.3) is 0 Å². The average molecular weight is 264 g/mol. The second kappa shape index (κ2) is 3.79. The Morgan fingerprint density at radius 2 is 1.26 bits per heavy atom. The quantitative estimate of drug-likeness (QED) is 0.652. The number of hydrogen-bond acceptors (Lipinski definition) is 2. The van der Waals surface area contributed by atoms with Gasteiger partial charge in [-0.05, 0) is 70.6 Å². The molecule has 2 saturated carbocycles. The Bertz CT molecular complexity index is 360. The molecule has 2 aliphatic carbocycles. The molecule has 0 N–H and O–H groups in total. The van der Waals surface area contributed by atoms with Gasteiger partial charge in [0.1, 0.15) is 0 Å². The summed E-state index contributed by atoms with van der Waals surface area (Å²) in [5.74, 6) is 0.643. The Labute approximate surface area is 118 Å². The fourth-order valence-electron chi connectivity index (χ4n) is 3.82. The molecule has 1 saturated heterocycles. The Morgan fingerprint density at radius 1 is 0.789 bits per heavy atom. The Hall–Kier alpha value is -0.0151. The van der Waals surface area contributed by atoms with Crippen LogP contribution in [0.2, 0.25) is 5.82 Å². The molecular weight excluding hydrogens is 235 g/mol. The molecule has 0 amide bonds. The highest BCUT2D eigenvalue weighted by molar-refractivity contribution is 6.49. The first-order valence-electron chi connectivity index (χ1n) is 7.93. The summed E-state index contributed by atoms with van der Waals surface area (Å²) >= 11 is 0. The van der Waals surface area contributed by atoms with Gasteiger partial charge in [0.2, 0.25) is 0 Å². The van der Waals surface area contributed by atoms with Crippen LogP contribution in [0, 0.1) is 10.8 Å². The fraction of sp³-hybridized carbons (Fsp3) is 1.00. The van der Waals surface area contributed by atoms with Gasteiger partial charge in [0.15, 0.2) is 0 Å². The first-order chi connectivity index (χ1) is 8.57. The van der Waals surface area contributed by atoms with E-state index in [2.05, 4.69) is 41.5 Å². The summed E-state index contributed by atoms with van der Waals surface area (Å²) in [6.07, 6.45) is 6.79. The lowest BCUT2D eigenvalue weighted by Gasteiger charge is -2.35. The van der Waals surface area contributed by atoms with Gasteiger partial charge in [0, 0.05) is 5.82 Å². The summed E-state index contributed by atoms with van der Waals surface area (Å²) in [6, 6.07) is 0. The molecule has 0 aromatic carbocycles. The lowest BCUT2D eigenvalue weighted by Crippen LogP contribution is -2.41. The van der Waals surface area contributed by atoms with E-state index in [0.29, 0.717) is 16.6 Å². The number of hydrogen-bond donors (Lipinski definition) is 0. The molecule has 1 atom stereocenters. The molecule has 1 heterocycles. The third kappa shape index (κ3) is 2.17. The molecule has 1 spiro atoms. The highest BCUT2D eigenvalue weighted by Crippen LogP contribution is 2.70. The third-order valence-electron chi connectivity index (χ3n) is 6.45. The van der Waals surface area contributed by atoms with E-state index in [4.69, 9.17) is 9.31 Å². The standard InChI is InChI=1S/C16H29BO2/c1-13(2)7-9-16(10-8-13)11-12(16)17-18-14(3,4)15(5,6)19-17/h12H,7-11H2,1-6H3. The van der Waals surface area contributed by atoms with Crippen LogP contribution in [0.1, 0.15) is 73.6 Å². The van der Waals surface area contributed by atoms with Crippen LogP contribution < -0.4 is 0 Å². The minimum atomic E-state index is -0.171. The molecule has 0 radical (unpaired) electrons. The van der Waals surface area contributed by atoms with E-state index >= 15 is 0 Å². The van der Waals surface area contributed by atoms with Crippen LogP contribution in [0.3, 0.4) is 0 Å². The van der Waals surface area contributed by atoms with E-state index in [0.717, 1.165) is 0 Å². The van der Waals surface area contributed by atoms with Gasteiger partial charge in [-0.2, -0.15) is 0 Å². The van der Waals surface area contributed by atoms with Gasteiger partial charge in [-0.1, -0.05) is 13.8 Å². The zero-order chi connectivity index (χ0) is 14.1. The Balaban J connectivity index is 1.66.